The molecule has 1 amide bonds. The molecule has 0 aliphatic carbocycles. The predicted molar refractivity (Wildman–Crippen MR) is 164 cm³/mol. The first-order valence-corrected chi connectivity index (χ1v) is 13.9. The van der Waals surface area contributed by atoms with E-state index in [0.29, 0.717) is 35.9 Å². The highest BCUT2D eigenvalue weighted by molar-refractivity contribution is 6.02. The van der Waals surface area contributed by atoms with E-state index in [0.717, 1.165) is 22.3 Å². The number of methoxy groups -OCH3 is 1. The Kier molecular flexibility index (Phi) is 8.94. The van der Waals surface area contributed by atoms with E-state index in [9.17, 15) is 19.2 Å². The van der Waals surface area contributed by atoms with Gasteiger partial charge < -0.3 is 23.0 Å². The van der Waals surface area contributed by atoms with Crippen LogP contribution in [0.25, 0.3) is 27.9 Å². The van der Waals surface area contributed by atoms with Crippen molar-refractivity contribution in [2.45, 2.75) is 27.0 Å². The minimum Gasteiger partial charge on any atom is -0.465 e. The number of hydrogen-bond acceptors (Lipinski definition) is 10. The lowest BCUT2D eigenvalue weighted by molar-refractivity contribution is 0.0433. The van der Waals surface area contributed by atoms with Gasteiger partial charge in [0.1, 0.15) is 5.76 Å². The summed E-state index contributed by atoms with van der Waals surface area (Å²) in [7, 11) is 1.29. The fourth-order valence-electron chi connectivity index (χ4n) is 4.73. The van der Waals surface area contributed by atoms with Crippen LogP contribution >= 0.6 is 0 Å². The smallest absolute Gasteiger partial charge is 0.423 e. The lowest BCUT2D eigenvalue weighted by Gasteiger charge is -2.14. The van der Waals surface area contributed by atoms with E-state index in [4.69, 9.17) is 23.0 Å². The van der Waals surface area contributed by atoms with E-state index in [1.165, 1.54) is 14.0 Å². The number of benzene rings is 3. The number of aryl methyl sites for hydroxylation is 1. The molecule has 12 heteroatoms. The summed E-state index contributed by atoms with van der Waals surface area (Å²) in [5.41, 5.74) is 2.68. The van der Waals surface area contributed by atoms with E-state index in [-0.39, 0.29) is 17.1 Å². The maximum absolute atomic E-state index is 13.3. The van der Waals surface area contributed by atoms with E-state index in [1.807, 2.05) is 55.5 Å². The molecule has 0 radical (unpaired) electrons. The summed E-state index contributed by atoms with van der Waals surface area (Å²) in [5, 5.41) is 2.62. The molecule has 0 atom stereocenters. The van der Waals surface area contributed by atoms with Crippen molar-refractivity contribution in [3.05, 3.63) is 122 Å². The highest BCUT2D eigenvalue weighted by Gasteiger charge is 2.22. The Bertz CT molecular complexity index is 2020. The van der Waals surface area contributed by atoms with Crippen molar-refractivity contribution in [3.8, 4) is 17.1 Å². The van der Waals surface area contributed by atoms with Crippen LogP contribution in [0.3, 0.4) is 0 Å². The van der Waals surface area contributed by atoms with Crippen LogP contribution in [0.4, 0.5) is 4.79 Å². The fraction of sp³-hybridized carbons (Fsp3) is 0.182. The summed E-state index contributed by atoms with van der Waals surface area (Å²) in [5.74, 6) is -0.745. The van der Waals surface area contributed by atoms with Crippen LogP contribution in [0, 0.1) is 6.92 Å². The molecule has 1 N–H and O–H groups in total. The molecule has 3 aromatic carbocycles. The number of carbonyl (C=O) groups is 2. The van der Waals surface area contributed by atoms with Gasteiger partial charge >= 0.3 is 23.3 Å². The molecule has 0 spiro atoms. The fourth-order valence-corrected chi connectivity index (χ4v) is 4.73. The van der Waals surface area contributed by atoms with Gasteiger partial charge in [-0.2, -0.15) is 4.98 Å². The van der Waals surface area contributed by atoms with Gasteiger partial charge in [0.25, 0.3) is 6.01 Å². The maximum atomic E-state index is 13.3. The number of amides is 1. The van der Waals surface area contributed by atoms with Crippen LogP contribution in [-0.2, 0) is 22.6 Å². The van der Waals surface area contributed by atoms with Crippen molar-refractivity contribution in [1.82, 2.24) is 14.9 Å². The molecule has 0 unspecified atom stereocenters. The Morgan fingerprint density at radius 2 is 1.67 bits per heavy atom. The summed E-state index contributed by atoms with van der Waals surface area (Å²) in [6, 6.07) is 20.7. The van der Waals surface area contributed by atoms with Crippen LogP contribution in [0.15, 0.2) is 91.7 Å². The van der Waals surface area contributed by atoms with E-state index >= 15 is 0 Å². The number of imidazole rings is 1. The highest BCUT2D eigenvalue weighted by Crippen LogP contribution is 2.30. The Balaban J connectivity index is 1.45. The summed E-state index contributed by atoms with van der Waals surface area (Å²) in [6.45, 7) is 7.48. The van der Waals surface area contributed by atoms with Gasteiger partial charge in [-0.15, -0.1) is 0 Å². The molecular weight excluding hydrogens is 582 g/mol. The summed E-state index contributed by atoms with van der Waals surface area (Å²) >= 11 is 0. The molecule has 0 aliphatic rings. The van der Waals surface area contributed by atoms with E-state index in [2.05, 4.69) is 16.9 Å². The summed E-state index contributed by atoms with van der Waals surface area (Å²) < 4.78 is 27.5. The van der Waals surface area contributed by atoms with E-state index < -0.39 is 29.9 Å². The van der Waals surface area contributed by atoms with Crippen LogP contribution in [0.1, 0.15) is 39.9 Å². The van der Waals surface area contributed by atoms with Crippen molar-refractivity contribution < 1.29 is 32.6 Å². The monoisotopic (exact) mass is 611 g/mol. The molecule has 45 heavy (non-hydrogen) atoms. The molecular formula is C33H29N3O9. The van der Waals surface area contributed by atoms with Crippen LogP contribution in [0.5, 0.6) is 6.01 Å². The molecule has 0 aliphatic heterocycles. The molecule has 5 aromatic rings. The minimum atomic E-state index is -1.19. The summed E-state index contributed by atoms with van der Waals surface area (Å²) in [4.78, 5) is 52.6. The van der Waals surface area contributed by atoms with Gasteiger partial charge in [0.2, 0.25) is 0 Å². The number of para-hydroxylation sites is 1. The lowest BCUT2D eigenvalue weighted by atomic mass is 9.97. The number of ether oxygens (including phenoxy) is 3. The van der Waals surface area contributed by atoms with Crippen molar-refractivity contribution in [2.24, 2.45) is 0 Å². The Labute approximate surface area is 256 Å². The standard InChI is InChI=1S/C33H29N3O9/c1-5-42-32-35-26-12-8-11-25(29(37)43-18-27-20(3)44-30(38)31(39)45-27)28(26)36(32)17-21-13-15-22(16-14-21)24-10-7-6-9-23(24)19(2)34-33(40)41-4/h6-16H,2,5,17-18H2,1,3-4H3,(H,34,40). The third-order valence-electron chi connectivity index (χ3n) is 6.88. The zero-order chi connectivity index (χ0) is 32.1. The molecule has 2 heterocycles. The quantitative estimate of drug-likeness (QED) is 0.168. The third-order valence-corrected chi connectivity index (χ3v) is 6.88. The number of aromatic nitrogens is 2. The number of esters is 1. The van der Waals surface area contributed by atoms with Crippen LogP contribution in [-0.4, -0.2) is 35.3 Å². The van der Waals surface area contributed by atoms with Gasteiger partial charge in [-0.3, -0.25) is 9.88 Å². The topological polar surface area (TPSA) is 152 Å². The minimum absolute atomic E-state index is 0.0318. The number of rotatable bonds is 10. The van der Waals surface area contributed by atoms with Crippen LogP contribution < -0.4 is 21.3 Å². The number of alkyl carbamates (subject to hydrolysis) is 1. The van der Waals surface area contributed by atoms with Gasteiger partial charge in [-0.25, -0.2) is 19.2 Å². The Morgan fingerprint density at radius 3 is 2.40 bits per heavy atom. The highest BCUT2D eigenvalue weighted by atomic mass is 16.5. The summed E-state index contributed by atoms with van der Waals surface area (Å²) in [6.07, 6.45) is -0.610. The van der Waals surface area contributed by atoms with Crippen molar-refractivity contribution in [2.75, 3.05) is 13.7 Å². The molecule has 5 rings (SSSR count). The number of nitrogens with zero attached hydrogens (tertiary/aromatic N) is 2. The number of carbonyl (C=O) groups excluding carboxylic acids is 2. The van der Waals surface area contributed by atoms with Gasteiger partial charge in [0.05, 0.1) is 36.9 Å². The second-order valence-corrected chi connectivity index (χ2v) is 9.76. The average Bonchev–Trinajstić information content (AvgIpc) is 3.39. The van der Waals surface area contributed by atoms with Crippen molar-refractivity contribution >= 4 is 28.8 Å². The average molecular weight is 612 g/mol. The SMILES string of the molecule is C=C(NC(=O)OC)c1ccccc1-c1ccc(Cn2c(OCC)nc3cccc(C(=O)OCc4oc(=O)c(=O)oc4C)c32)cc1. The van der Waals surface area contributed by atoms with Crippen LogP contribution in [0.2, 0.25) is 0 Å². The molecule has 2 aromatic heterocycles. The van der Waals surface area contributed by atoms with Gasteiger partial charge in [-0.1, -0.05) is 61.2 Å². The second kappa shape index (κ2) is 13.2. The molecule has 0 bridgehead atoms. The second-order valence-electron chi connectivity index (χ2n) is 9.76. The molecule has 0 saturated carbocycles. The zero-order valence-corrected chi connectivity index (χ0v) is 24.7. The van der Waals surface area contributed by atoms with Gasteiger partial charge in [0, 0.05) is 11.3 Å². The number of nitrogens with one attached hydrogen (secondary N) is 1. The lowest BCUT2D eigenvalue weighted by Crippen LogP contribution is -2.23. The van der Waals surface area contributed by atoms with Crippen molar-refractivity contribution in [1.29, 1.82) is 0 Å². The van der Waals surface area contributed by atoms with Gasteiger partial charge in [-0.05, 0) is 42.7 Å². The molecule has 0 saturated heterocycles. The van der Waals surface area contributed by atoms with E-state index in [1.54, 1.807) is 22.8 Å². The molecule has 12 nitrogen and oxygen atoms in total. The molecule has 230 valence electrons. The first-order chi connectivity index (χ1) is 21.7. The first-order valence-electron chi connectivity index (χ1n) is 13.9. The normalized spacial score (nSPS) is 10.8. The Hall–Kier alpha value is -5.91. The molecule has 0 fully saturated rings. The number of fused-ring (bicyclic) bond motifs is 1. The maximum Gasteiger partial charge on any atom is 0.423 e. The Morgan fingerprint density at radius 1 is 0.956 bits per heavy atom. The largest absolute Gasteiger partial charge is 0.465 e. The number of hydrogen-bond donors (Lipinski definition) is 1. The predicted octanol–water partition coefficient (Wildman–Crippen LogP) is 5.05. The van der Waals surface area contributed by atoms with Crippen molar-refractivity contribution in [3.63, 3.8) is 0 Å². The first kappa shape index (κ1) is 30.5. The third kappa shape index (κ3) is 6.54. The zero-order valence-electron chi connectivity index (χ0n) is 24.7. The van der Waals surface area contributed by atoms with Gasteiger partial charge in [0.15, 0.2) is 12.4 Å².